The summed E-state index contributed by atoms with van der Waals surface area (Å²) >= 11 is 0. The average molecular weight is 447 g/mol. The lowest BCUT2D eigenvalue weighted by Gasteiger charge is -2.21. The first-order valence-electron chi connectivity index (χ1n) is 10.4. The van der Waals surface area contributed by atoms with Gasteiger partial charge in [0.1, 0.15) is 12.3 Å². The molecule has 3 aromatic rings. The zero-order valence-electron chi connectivity index (χ0n) is 17.9. The predicted octanol–water partition coefficient (Wildman–Crippen LogP) is 2.88. The third kappa shape index (κ3) is 5.29. The Hall–Kier alpha value is -4.34. The van der Waals surface area contributed by atoms with Crippen LogP contribution in [0.2, 0.25) is 0 Å². The van der Waals surface area contributed by atoms with E-state index in [9.17, 15) is 14.4 Å². The zero-order chi connectivity index (χ0) is 23.2. The highest BCUT2D eigenvalue weighted by atomic mass is 16.5. The van der Waals surface area contributed by atoms with Crippen LogP contribution in [0.5, 0.6) is 0 Å². The van der Waals surface area contributed by atoms with Crippen LogP contribution in [-0.2, 0) is 14.3 Å². The van der Waals surface area contributed by atoms with Gasteiger partial charge in [0.25, 0.3) is 5.89 Å². The molecule has 168 valence electrons. The Labute approximate surface area is 189 Å². The fraction of sp³-hybridized carbons (Fsp3) is 0.217. The molecule has 0 bridgehead atoms. The van der Waals surface area contributed by atoms with Gasteiger partial charge < -0.3 is 14.6 Å². The van der Waals surface area contributed by atoms with Crippen molar-refractivity contribution in [3.63, 3.8) is 0 Å². The minimum Gasteiger partial charge on any atom is -0.462 e. The summed E-state index contributed by atoms with van der Waals surface area (Å²) in [6, 6.07) is 15.7. The van der Waals surface area contributed by atoms with Crippen LogP contribution in [0.15, 0.2) is 64.2 Å². The van der Waals surface area contributed by atoms with Gasteiger partial charge in [-0.25, -0.2) is 9.80 Å². The summed E-state index contributed by atoms with van der Waals surface area (Å²) in [5.41, 5.74) is 1.95. The molecular formula is C23H21N5O5. The van der Waals surface area contributed by atoms with Gasteiger partial charge >= 0.3 is 5.97 Å². The third-order valence-electron chi connectivity index (χ3n) is 4.76. The van der Waals surface area contributed by atoms with E-state index < -0.39 is 11.9 Å². The van der Waals surface area contributed by atoms with Gasteiger partial charge in [0, 0.05) is 24.1 Å². The standard InChI is InChI=1S/C23H21N5O5/c1-2-32-23(31)16-9-6-10-17(13-16)24-19(29)14-28-20(30)12-11-18(26-28)22-25-21(27-33-22)15-7-4-3-5-8-15/h3-10,13H,2,11-12,14H2,1H3,(H,24,29). The van der Waals surface area contributed by atoms with E-state index >= 15 is 0 Å². The summed E-state index contributed by atoms with van der Waals surface area (Å²) in [5.74, 6) is -0.629. The minimum atomic E-state index is -0.483. The number of carbonyl (C=O) groups excluding carboxylic acids is 3. The topological polar surface area (TPSA) is 127 Å². The second-order valence-electron chi connectivity index (χ2n) is 7.14. The molecule has 0 radical (unpaired) electrons. The molecule has 10 heteroatoms. The van der Waals surface area contributed by atoms with E-state index in [1.807, 2.05) is 30.3 Å². The Bertz CT molecular complexity index is 1200. The Morgan fingerprint density at radius 3 is 2.73 bits per heavy atom. The van der Waals surface area contributed by atoms with Crippen molar-refractivity contribution in [3.05, 3.63) is 66.1 Å². The summed E-state index contributed by atoms with van der Waals surface area (Å²) in [5, 5.41) is 12.0. The molecule has 33 heavy (non-hydrogen) atoms. The highest BCUT2D eigenvalue weighted by molar-refractivity contribution is 6.02. The van der Waals surface area contributed by atoms with Crippen molar-refractivity contribution >= 4 is 29.2 Å². The maximum atomic E-state index is 12.5. The van der Waals surface area contributed by atoms with Gasteiger partial charge in [-0.2, -0.15) is 10.1 Å². The molecule has 0 aliphatic carbocycles. The smallest absolute Gasteiger partial charge is 0.338 e. The molecule has 2 amide bonds. The summed E-state index contributed by atoms with van der Waals surface area (Å²) < 4.78 is 10.3. The van der Waals surface area contributed by atoms with Gasteiger partial charge in [0.15, 0.2) is 0 Å². The zero-order valence-corrected chi connectivity index (χ0v) is 17.9. The van der Waals surface area contributed by atoms with E-state index in [-0.39, 0.29) is 31.4 Å². The third-order valence-corrected chi connectivity index (χ3v) is 4.76. The lowest BCUT2D eigenvalue weighted by atomic mass is 10.1. The van der Waals surface area contributed by atoms with Gasteiger partial charge in [-0.05, 0) is 25.1 Å². The van der Waals surface area contributed by atoms with Crippen molar-refractivity contribution in [2.45, 2.75) is 19.8 Å². The molecule has 2 heterocycles. The number of nitrogens with one attached hydrogen (secondary N) is 1. The first kappa shape index (κ1) is 21.9. The molecular weight excluding hydrogens is 426 g/mol. The highest BCUT2D eigenvalue weighted by Gasteiger charge is 2.26. The number of hydrogen-bond acceptors (Lipinski definition) is 8. The number of anilines is 1. The summed E-state index contributed by atoms with van der Waals surface area (Å²) in [6.07, 6.45) is 0.489. The SMILES string of the molecule is CCOC(=O)c1cccc(NC(=O)CN2N=C(c3nc(-c4ccccc4)no3)CCC2=O)c1. The lowest BCUT2D eigenvalue weighted by molar-refractivity contribution is -0.135. The summed E-state index contributed by atoms with van der Waals surface area (Å²) in [7, 11) is 0. The Morgan fingerprint density at radius 2 is 1.94 bits per heavy atom. The van der Waals surface area contributed by atoms with Crippen LogP contribution < -0.4 is 5.32 Å². The monoisotopic (exact) mass is 447 g/mol. The Kier molecular flexibility index (Phi) is 6.53. The van der Waals surface area contributed by atoms with E-state index in [2.05, 4.69) is 20.6 Å². The maximum Gasteiger partial charge on any atom is 0.338 e. The maximum absolute atomic E-state index is 12.5. The Morgan fingerprint density at radius 1 is 1.12 bits per heavy atom. The van der Waals surface area contributed by atoms with Crippen LogP contribution >= 0.6 is 0 Å². The molecule has 0 unspecified atom stereocenters. The minimum absolute atomic E-state index is 0.160. The molecule has 1 N–H and O–H groups in total. The van der Waals surface area contributed by atoms with Gasteiger partial charge in [-0.3, -0.25) is 9.59 Å². The largest absolute Gasteiger partial charge is 0.462 e. The molecule has 0 saturated carbocycles. The highest BCUT2D eigenvalue weighted by Crippen LogP contribution is 2.19. The molecule has 0 spiro atoms. The predicted molar refractivity (Wildman–Crippen MR) is 118 cm³/mol. The van der Waals surface area contributed by atoms with Crippen LogP contribution in [0.1, 0.15) is 36.0 Å². The molecule has 0 saturated heterocycles. The molecule has 1 aliphatic rings. The molecule has 4 rings (SSSR count). The van der Waals surface area contributed by atoms with E-state index in [0.29, 0.717) is 29.2 Å². The van der Waals surface area contributed by atoms with Crippen molar-refractivity contribution in [2.75, 3.05) is 18.5 Å². The first-order chi connectivity index (χ1) is 16.0. The fourth-order valence-electron chi connectivity index (χ4n) is 3.20. The molecule has 0 atom stereocenters. The van der Waals surface area contributed by atoms with Crippen molar-refractivity contribution in [3.8, 4) is 11.4 Å². The van der Waals surface area contributed by atoms with E-state index in [4.69, 9.17) is 9.26 Å². The van der Waals surface area contributed by atoms with Crippen molar-refractivity contribution in [1.82, 2.24) is 15.1 Å². The number of hydrazone groups is 1. The lowest BCUT2D eigenvalue weighted by Crippen LogP contribution is -2.38. The van der Waals surface area contributed by atoms with Crippen LogP contribution in [0.3, 0.4) is 0 Å². The Balaban J connectivity index is 1.44. The van der Waals surface area contributed by atoms with Crippen LogP contribution in [0, 0.1) is 0 Å². The number of rotatable bonds is 7. The summed E-state index contributed by atoms with van der Waals surface area (Å²) in [4.78, 5) is 41.1. The number of nitrogens with zero attached hydrogens (tertiary/aromatic N) is 4. The number of amides is 2. The van der Waals surface area contributed by atoms with Crippen molar-refractivity contribution in [1.29, 1.82) is 0 Å². The molecule has 1 aliphatic heterocycles. The number of aromatic nitrogens is 2. The average Bonchev–Trinajstić information content (AvgIpc) is 3.32. The van der Waals surface area contributed by atoms with E-state index in [1.54, 1.807) is 25.1 Å². The number of ether oxygens (including phenoxy) is 1. The number of hydrogen-bond donors (Lipinski definition) is 1. The molecule has 10 nitrogen and oxygen atoms in total. The van der Waals surface area contributed by atoms with Gasteiger partial charge in [-0.1, -0.05) is 41.6 Å². The second-order valence-corrected chi connectivity index (χ2v) is 7.14. The van der Waals surface area contributed by atoms with Crippen LogP contribution in [0.25, 0.3) is 11.4 Å². The molecule has 1 aromatic heterocycles. The second kappa shape index (κ2) is 9.86. The van der Waals surface area contributed by atoms with E-state index in [1.165, 1.54) is 6.07 Å². The number of esters is 1. The van der Waals surface area contributed by atoms with Gasteiger partial charge in [-0.15, -0.1) is 0 Å². The van der Waals surface area contributed by atoms with Gasteiger partial charge in [0.05, 0.1) is 12.2 Å². The summed E-state index contributed by atoms with van der Waals surface area (Å²) in [6.45, 7) is 1.66. The van der Waals surface area contributed by atoms with Gasteiger partial charge in [0.2, 0.25) is 17.6 Å². The molecule has 2 aromatic carbocycles. The van der Waals surface area contributed by atoms with Crippen molar-refractivity contribution < 1.29 is 23.6 Å². The van der Waals surface area contributed by atoms with Crippen LogP contribution in [0.4, 0.5) is 5.69 Å². The van der Waals surface area contributed by atoms with Crippen molar-refractivity contribution in [2.24, 2.45) is 5.10 Å². The first-order valence-corrected chi connectivity index (χ1v) is 10.4. The van der Waals surface area contributed by atoms with Crippen LogP contribution in [-0.4, -0.2) is 51.8 Å². The fourth-order valence-corrected chi connectivity index (χ4v) is 3.20. The molecule has 0 fully saturated rings. The number of benzene rings is 2. The quantitative estimate of drug-likeness (QED) is 0.552. The normalized spacial score (nSPS) is 13.4. The van der Waals surface area contributed by atoms with E-state index in [0.717, 1.165) is 10.6 Å². The number of carbonyl (C=O) groups is 3.